The predicted octanol–water partition coefficient (Wildman–Crippen LogP) is 12.4. The van der Waals surface area contributed by atoms with Crippen LogP contribution >= 0.6 is 0 Å². The number of hydrogen-bond donors (Lipinski definition) is 0. The van der Waals surface area contributed by atoms with Gasteiger partial charge in [0.25, 0.3) is 0 Å². The number of fused-ring (bicyclic) bond motifs is 9. The highest BCUT2D eigenvalue weighted by molar-refractivity contribution is 6.17. The van der Waals surface area contributed by atoms with Gasteiger partial charge in [-0.05, 0) is 78.4 Å². The van der Waals surface area contributed by atoms with Crippen LogP contribution in [0.5, 0.6) is 0 Å². The summed E-state index contributed by atoms with van der Waals surface area (Å²) in [5.74, 6) is 0. The summed E-state index contributed by atoms with van der Waals surface area (Å²) in [5, 5.41) is 27.7. The summed E-state index contributed by atoms with van der Waals surface area (Å²) < 4.78 is 6.84. The summed E-state index contributed by atoms with van der Waals surface area (Å²) in [6, 6.07) is 65.8. The second kappa shape index (κ2) is 11.8. The van der Waals surface area contributed by atoms with E-state index < -0.39 is 0 Å². The standard InChI is InChI=1S/C50H29N5/c51-30-32-24-26-47-40(28-32)50-48(22-11-23-49(50)55-45-20-9-4-15-38(45)39-16-5-10-21-46(39)55)53(47)41-27-25-33(29-34(41)31-52)35-12-1-6-17-42(35)54-43-18-7-2-13-36(43)37-14-3-8-19-44(37)54/h1-29H. The number of nitrogens with zero attached hydrogens (tertiary/aromatic N) is 5. The summed E-state index contributed by atoms with van der Waals surface area (Å²) >= 11 is 0. The third-order valence-electron chi connectivity index (χ3n) is 11.1. The SMILES string of the molecule is N#Cc1ccc2c(c1)c1c(-n3c4ccccc4c4ccccc43)cccc1n2-c1ccc(-c2ccccc2-n2c3ccccc3c3ccccc32)cc1C#N. The average molecular weight is 700 g/mol. The van der Waals surface area contributed by atoms with E-state index in [0.29, 0.717) is 11.1 Å². The third kappa shape index (κ3) is 4.39. The molecular formula is C50H29N5. The van der Waals surface area contributed by atoms with Gasteiger partial charge < -0.3 is 13.7 Å². The van der Waals surface area contributed by atoms with Crippen molar-refractivity contribution in [3.8, 4) is 40.3 Å². The molecule has 254 valence electrons. The maximum atomic E-state index is 10.9. The fourth-order valence-electron chi connectivity index (χ4n) is 8.83. The van der Waals surface area contributed by atoms with Crippen LogP contribution < -0.4 is 0 Å². The van der Waals surface area contributed by atoms with Crippen molar-refractivity contribution >= 4 is 65.4 Å². The van der Waals surface area contributed by atoms with Crippen LogP contribution in [0.2, 0.25) is 0 Å². The second-order valence-corrected chi connectivity index (χ2v) is 14.0. The summed E-state index contributed by atoms with van der Waals surface area (Å²) in [6.07, 6.45) is 0. The maximum Gasteiger partial charge on any atom is 0.101 e. The van der Waals surface area contributed by atoms with Gasteiger partial charge in [0, 0.05) is 37.9 Å². The zero-order chi connectivity index (χ0) is 36.6. The molecule has 3 heterocycles. The molecule has 0 aliphatic heterocycles. The Morgan fingerprint density at radius 3 is 1.44 bits per heavy atom. The van der Waals surface area contributed by atoms with Crippen LogP contribution in [0.3, 0.4) is 0 Å². The van der Waals surface area contributed by atoms with Crippen LogP contribution in [0.4, 0.5) is 0 Å². The molecule has 5 heteroatoms. The van der Waals surface area contributed by atoms with Crippen LogP contribution in [-0.4, -0.2) is 13.7 Å². The fraction of sp³-hybridized carbons (Fsp3) is 0. The molecule has 0 amide bonds. The molecule has 8 aromatic carbocycles. The van der Waals surface area contributed by atoms with Crippen LogP contribution in [0.1, 0.15) is 11.1 Å². The highest BCUT2D eigenvalue weighted by atomic mass is 15.0. The summed E-state index contributed by atoms with van der Waals surface area (Å²) in [5.41, 5.74) is 12.3. The van der Waals surface area contributed by atoms with E-state index in [0.717, 1.165) is 72.1 Å². The first-order chi connectivity index (χ1) is 27.2. The minimum absolute atomic E-state index is 0.556. The number of rotatable bonds is 4. The Labute approximate surface area is 316 Å². The molecule has 0 aliphatic rings. The van der Waals surface area contributed by atoms with Crippen LogP contribution in [-0.2, 0) is 0 Å². The Morgan fingerprint density at radius 2 is 0.836 bits per heavy atom. The molecule has 0 aliphatic carbocycles. The molecule has 5 nitrogen and oxygen atoms in total. The van der Waals surface area contributed by atoms with Crippen LogP contribution in [0, 0.1) is 22.7 Å². The first-order valence-corrected chi connectivity index (χ1v) is 18.3. The number of nitriles is 2. The van der Waals surface area contributed by atoms with Gasteiger partial charge in [0.1, 0.15) is 6.07 Å². The van der Waals surface area contributed by atoms with Gasteiger partial charge in [0.2, 0.25) is 0 Å². The molecular weight excluding hydrogens is 671 g/mol. The Hall–Kier alpha value is -7.86. The monoisotopic (exact) mass is 699 g/mol. The van der Waals surface area contributed by atoms with Gasteiger partial charge in [0.15, 0.2) is 0 Å². The minimum Gasteiger partial charge on any atom is -0.309 e. The lowest BCUT2D eigenvalue weighted by Crippen LogP contribution is -2.00. The lowest BCUT2D eigenvalue weighted by Gasteiger charge is -2.16. The quantitative estimate of drug-likeness (QED) is 0.184. The molecule has 0 N–H and O–H groups in total. The average Bonchev–Trinajstić information content (AvgIpc) is 3.89. The molecule has 0 spiro atoms. The second-order valence-electron chi connectivity index (χ2n) is 14.0. The zero-order valence-corrected chi connectivity index (χ0v) is 29.5. The Morgan fingerprint density at radius 1 is 0.345 bits per heavy atom. The topological polar surface area (TPSA) is 62.4 Å². The smallest absolute Gasteiger partial charge is 0.101 e. The Kier molecular flexibility index (Phi) is 6.61. The van der Waals surface area contributed by atoms with Crippen molar-refractivity contribution in [2.24, 2.45) is 0 Å². The molecule has 55 heavy (non-hydrogen) atoms. The Bertz CT molecular complexity index is 3360. The molecule has 0 fully saturated rings. The van der Waals surface area contributed by atoms with E-state index in [9.17, 15) is 10.5 Å². The van der Waals surface area contributed by atoms with Crippen molar-refractivity contribution in [1.82, 2.24) is 13.7 Å². The van der Waals surface area contributed by atoms with Crippen molar-refractivity contribution in [3.05, 3.63) is 187 Å². The number of para-hydroxylation sites is 5. The van der Waals surface area contributed by atoms with Crippen LogP contribution in [0.15, 0.2) is 176 Å². The summed E-state index contributed by atoms with van der Waals surface area (Å²) in [6.45, 7) is 0. The number of benzene rings is 8. The highest BCUT2D eigenvalue weighted by Crippen LogP contribution is 2.42. The third-order valence-corrected chi connectivity index (χ3v) is 11.1. The normalized spacial score (nSPS) is 11.6. The van der Waals surface area contributed by atoms with Crippen molar-refractivity contribution in [2.75, 3.05) is 0 Å². The van der Waals surface area contributed by atoms with Crippen molar-refractivity contribution in [3.63, 3.8) is 0 Å². The molecule has 0 atom stereocenters. The van der Waals surface area contributed by atoms with Gasteiger partial charge >= 0.3 is 0 Å². The van der Waals surface area contributed by atoms with E-state index in [4.69, 9.17) is 0 Å². The summed E-state index contributed by atoms with van der Waals surface area (Å²) in [4.78, 5) is 0. The van der Waals surface area contributed by atoms with Gasteiger partial charge in [-0.25, -0.2) is 0 Å². The molecule has 0 saturated heterocycles. The van der Waals surface area contributed by atoms with E-state index >= 15 is 0 Å². The van der Waals surface area contributed by atoms with Gasteiger partial charge in [-0.3, -0.25) is 0 Å². The fourth-order valence-corrected chi connectivity index (χ4v) is 8.83. The zero-order valence-electron chi connectivity index (χ0n) is 29.5. The molecule has 11 aromatic rings. The first-order valence-electron chi connectivity index (χ1n) is 18.3. The first kappa shape index (κ1) is 30.7. The van der Waals surface area contributed by atoms with Crippen molar-refractivity contribution < 1.29 is 0 Å². The van der Waals surface area contributed by atoms with Crippen LogP contribution in [0.25, 0.3) is 93.6 Å². The number of hydrogen-bond acceptors (Lipinski definition) is 2. The molecule has 11 rings (SSSR count). The summed E-state index contributed by atoms with van der Waals surface area (Å²) in [7, 11) is 0. The molecule has 0 bridgehead atoms. The molecule has 3 aromatic heterocycles. The van der Waals surface area contributed by atoms with Crippen molar-refractivity contribution in [1.29, 1.82) is 10.5 Å². The van der Waals surface area contributed by atoms with E-state index in [-0.39, 0.29) is 0 Å². The molecule has 0 saturated carbocycles. The number of aromatic nitrogens is 3. The lowest BCUT2D eigenvalue weighted by atomic mass is 10.00. The predicted molar refractivity (Wildman–Crippen MR) is 224 cm³/mol. The lowest BCUT2D eigenvalue weighted by molar-refractivity contribution is 1.16. The van der Waals surface area contributed by atoms with E-state index in [1.165, 1.54) is 21.5 Å². The van der Waals surface area contributed by atoms with Gasteiger partial charge in [-0.15, -0.1) is 0 Å². The van der Waals surface area contributed by atoms with E-state index in [1.54, 1.807) is 0 Å². The minimum atomic E-state index is 0.556. The molecule has 0 unspecified atom stereocenters. The van der Waals surface area contributed by atoms with Gasteiger partial charge in [-0.2, -0.15) is 10.5 Å². The van der Waals surface area contributed by atoms with Gasteiger partial charge in [-0.1, -0.05) is 103 Å². The van der Waals surface area contributed by atoms with E-state index in [2.05, 4.69) is 177 Å². The van der Waals surface area contributed by atoms with Crippen molar-refractivity contribution in [2.45, 2.75) is 0 Å². The largest absolute Gasteiger partial charge is 0.309 e. The van der Waals surface area contributed by atoms with E-state index in [1.807, 2.05) is 24.3 Å². The highest BCUT2D eigenvalue weighted by Gasteiger charge is 2.22. The molecule has 0 radical (unpaired) electrons. The Balaban J connectivity index is 1.16. The van der Waals surface area contributed by atoms with Gasteiger partial charge in [0.05, 0.1) is 67.4 Å². The maximum absolute atomic E-state index is 10.9.